The van der Waals surface area contributed by atoms with E-state index in [2.05, 4.69) is 54.8 Å². The van der Waals surface area contributed by atoms with Gasteiger partial charge in [0, 0.05) is 31.1 Å². The van der Waals surface area contributed by atoms with Gasteiger partial charge in [0.15, 0.2) is 0 Å². The number of unbranched alkanes of at least 4 members (excludes halogenated alkanes) is 4. The van der Waals surface area contributed by atoms with Crippen LogP contribution in [0.25, 0.3) is 11.0 Å². The van der Waals surface area contributed by atoms with Crippen LogP contribution >= 0.6 is 0 Å². The van der Waals surface area contributed by atoms with Crippen LogP contribution in [0.1, 0.15) is 69.7 Å². The number of hydrogen-bond acceptors (Lipinski definition) is 2. The zero-order chi connectivity index (χ0) is 20.9. The zero-order valence-electron chi connectivity index (χ0n) is 18.3. The van der Waals surface area contributed by atoms with Gasteiger partial charge in [-0.1, -0.05) is 69.9 Å². The van der Waals surface area contributed by atoms with E-state index < -0.39 is 0 Å². The summed E-state index contributed by atoms with van der Waals surface area (Å²) < 4.78 is 2.38. The number of aryl methyl sites for hydroxylation is 2. The summed E-state index contributed by atoms with van der Waals surface area (Å²) in [4.78, 5) is 20.0. The van der Waals surface area contributed by atoms with Crippen molar-refractivity contribution in [3.63, 3.8) is 0 Å². The topological polar surface area (TPSA) is 38.1 Å². The first-order chi connectivity index (χ1) is 14.7. The van der Waals surface area contributed by atoms with Gasteiger partial charge in [-0.05, 0) is 36.6 Å². The van der Waals surface area contributed by atoms with E-state index in [0.29, 0.717) is 6.42 Å². The molecule has 1 atom stereocenters. The summed E-state index contributed by atoms with van der Waals surface area (Å²) in [5.74, 6) is 1.43. The number of fused-ring (bicyclic) bond motifs is 1. The van der Waals surface area contributed by atoms with Crippen molar-refractivity contribution in [2.45, 2.75) is 71.3 Å². The molecule has 0 radical (unpaired) electrons. The van der Waals surface area contributed by atoms with Gasteiger partial charge in [0.05, 0.1) is 11.0 Å². The van der Waals surface area contributed by atoms with E-state index in [0.717, 1.165) is 43.0 Å². The molecule has 1 amide bonds. The molecule has 1 aliphatic rings. The van der Waals surface area contributed by atoms with Crippen molar-refractivity contribution in [1.82, 2.24) is 9.55 Å². The predicted octanol–water partition coefficient (Wildman–Crippen LogP) is 6.09. The second-order valence-electron chi connectivity index (χ2n) is 8.41. The van der Waals surface area contributed by atoms with Crippen LogP contribution in [0.4, 0.5) is 5.69 Å². The third-order valence-corrected chi connectivity index (χ3v) is 6.32. The normalized spacial score (nSPS) is 16.7. The number of carbonyl (C=O) groups is 1. The lowest BCUT2D eigenvalue weighted by Gasteiger charge is -2.20. The van der Waals surface area contributed by atoms with E-state index >= 15 is 0 Å². The first-order valence-corrected chi connectivity index (χ1v) is 11.6. The second-order valence-corrected chi connectivity index (χ2v) is 8.41. The van der Waals surface area contributed by atoms with Crippen molar-refractivity contribution in [3.8, 4) is 0 Å². The lowest BCUT2D eigenvalue weighted by atomic mass is 10.1. The van der Waals surface area contributed by atoms with Crippen molar-refractivity contribution < 1.29 is 4.79 Å². The average molecular weight is 404 g/mol. The molecular formula is C26H33N3O. The summed E-state index contributed by atoms with van der Waals surface area (Å²) in [7, 11) is 0. The molecule has 4 rings (SSSR count). The predicted molar refractivity (Wildman–Crippen MR) is 124 cm³/mol. The lowest BCUT2D eigenvalue weighted by molar-refractivity contribution is -0.117. The van der Waals surface area contributed by atoms with Crippen molar-refractivity contribution in [1.29, 1.82) is 0 Å². The largest absolute Gasteiger partial charge is 0.328 e. The van der Waals surface area contributed by atoms with Crippen molar-refractivity contribution in [2.75, 3.05) is 11.4 Å². The highest BCUT2D eigenvalue weighted by atomic mass is 16.2. The fourth-order valence-electron chi connectivity index (χ4n) is 4.70. The minimum atomic E-state index is 0.144. The molecule has 2 aromatic carbocycles. The van der Waals surface area contributed by atoms with Crippen molar-refractivity contribution in [2.24, 2.45) is 0 Å². The number of nitrogens with zero attached hydrogens (tertiary/aromatic N) is 3. The van der Waals surface area contributed by atoms with Gasteiger partial charge in [-0.25, -0.2) is 4.98 Å². The van der Waals surface area contributed by atoms with Gasteiger partial charge < -0.3 is 9.47 Å². The fourth-order valence-corrected chi connectivity index (χ4v) is 4.70. The molecule has 3 aromatic rings. The molecule has 0 saturated carbocycles. The van der Waals surface area contributed by atoms with Gasteiger partial charge in [-0.2, -0.15) is 0 Å². The van der Waals surface area contributed by atoms with E-state index in [1.807, 2.05) is 17.0 Å². The SMILES string of the molecule is CCCCCCCn1c(C2CC(=O)N(c3ccccc3CC)C2)nc2ccccc21. The summed E-state index contributed by atoms with van der Waals surface area (Å²) >= 11 is 0. The Balaban J connectivity index is 1.59. The highest BCUT2D eigenvalue weighted by molar-refractivity contribution is 5.97. The number of para-hydroxylation sites is 3. The third kappa shape index (κ3) is 4.14. The van der Waals surface area contributed by atoms with E-state index in [1.165, 1.54) is 36.8 Å². The molecule has 2 heterocycles. The first kappa shape index (κ1) is 20.6. The lowest BCUT2D eigenvalue weighted by Crippen LogP contribution is -2.25. The zero-order valence-corrected chi connectivity index (χ0v) is 18.3. The molecule has 1 fully saturated rings. The van der Waals surface area contributed by atoms with E-state index in [9.17, 15) is 4.79 Å². The molecule has 0 aliphatic carbocycles. The Morgan fingerprint density at radius 2 is 1.73 bits per heavy atom. The molecule has 30 heavy (non-hydrogen) atoms. The molecule has 1 saturated heterocycles. The number of carbonyl (C=O) groups excluding carboxylic acids is 1. The molecule has 1 aliphatic heterocycles. The molecule has 0 spiro atoms. The number of imidazole rings is 1. The minimum Gasteiger partial charge on any atom is -0.328 e. The Morgan fingerprint density at radius 1 is 0.967 bits per heavy atom. The summed E-state index contributed by atoms with van der Waals surface area (Å²) in [5.41, 5.74) is 4.54. The Bertz CT molecular complexity index is 1010. The maximum atomic E-state index is 13.0. The quantitative estimate of drug-likeness (QED) is 0.406. The Morgan fingerprint density at radius 3 is 2.57 bits per heavy atom. The number of aromatic nitrogens is 2. The van der Waals surface area contributed by atoms with Crippen molar-refractivity contribution in [3.05, 3.63) is 59.9 Å². The van der Waals surface area contributed by atoms with Crippen LogP contribution in [0.2, 0.25) is 0 Å². The standard InChI is InChI=1S/C26H33N3O/c1-3-5-6-7-12-17-28-24-16-11-9-14-22(24)27-26(28)21-18-25(30)29(19-21)23-15-10-8-13-20(23)4-2/h8-11,13-16,21H,3-7,12,17-19H2,1-2H3. The van der Waals surface area contributed by atoms with Gasteiger partial charge in [0.25, 0.3) is 0 Å². The van der Waals surface area contributed by atoms with E-state index in [-0.39, 0.29) is 11.8 Å². The van der Waals surface area contributed by atoms with Crippen molar-refractivity contribution >= 4 is 22.6 Å². The number of hydrogen-bond donors (Lipinski definition) is 0. The number of rotatable bonds is 9. The highest BCUT2D eigenvalue weighted by Gasteiger charge is 2.35. The second kappa shape index (κ2) is 9.46. The highest BCUT2D eigenvalue weighted by Crippen LogP contribution is 2.34. The number of amides is 1. The number of benzene rings is 2. The molecule has 1 aromatic heterocycles. The Labute approximate surface area is 179 Å². The summed E-state index contributed by atoms with van der Waals surface area (Å²) in [6, 6.07) is 16.7. The molecule has 1 unspecified atom stereocenters. The van der Waals surface area contributed by atoms with Crippen LogP contribution in [-0.4, -0.2) is 22.0 Å². The first-order valence-electron chi connectivity index (χ1n) is 11.6. The van der Waals surface area contributed by atoms with Crippen LogP contribution in [0.5, 0.6) is 0 Å². The molecule has 0 bridgehead atoms. The molecule has 4 nitrogen and oxygen atoms in total. The van der Waals surface area contributed by atoms with Gasteiger partial charge in [-0.15, -0.1) is 0 Å². The third-order valence-electron chi connectivity index (χ3n) is 6.32. The van der Waals surface area contributed by atoms with E-state index in [1.54, 1.807) is 0 Å². The maximum Gasteiger partial charge on any atom is 0.227 e. The average Bonchev–Trinajstić information content (AvgIpc) is 3.34. The minimum absolute atomic E-state index is 0.144. The van der Waals surface area contributed by atoms with Crippen LogP contribution < -0.4 is 4.90 Å². The van der Waals surface area contributed by atoms with E-state index in [4.69, 9.17) is 4.98 Å². The summed E-state index contributed by atoms with van der Waals surface area (Å²) in [6.07, 6.45) is 7.74. The van der Waals surface area contributed by atoms with Crippen LogP contribution in [-0.2, 0) is 17.8 Å². The van der Waals surface area contributed by atoms with Gasteiger partial charge >= 0.3 is 0 Å². The molecule has 4 heteroatoms. The fraction of sp³-hybridized carbons (Fsp3) is 0.462. The summed E-state index contributed by atoms with van der Waals surface area (Å²) in [6.45, 7) is 6.10. The smallest absolute Gasteiger partial charge is 0.227 e. The molecule has 158 valence electrons. The number of anilines is 1. The van der Waals surface area contributed by atoms with Crippen LogP contribution in [0, 0.1) is 0 Å². The summed E-state index contributed by atoms with van der Waals surface area (Å²) in [5, 5.41) is 0. The van der Waals surface area contributed by atoms with Gasteiger partial charge in [0.2, 0.25) is 5.91 Å². The molecular weight excluding hydrogens is 370 g/mol. The van der Waals surface area contributed by atoms with Crippen LogP contribution in [0.3, 0.4) is 0 Å². The van der Waals surface area contributed by atoms with Gasteiger partial charge in [0.1, 0.15) is 5.82 Å². The molecule has 0 N–H and O–H groups in total. The van der Waals surface area contributed by atoms with Gasteiger partial charge in [-0.3, -0.25) is 4.79 Å². The Hall–Kier alpha value is -2.62. The Kier molecular flexibility index (Phi) is 6.51. The monoisotopic (exact) mass is 403 g/mol. The maximum absolute atomic E-state index is 13.0. The van der Waals surface area contributed by atoms with Crippen LogP contribution in [0.15, 0.2) is 48.5 Å².